The molecular weight excluding hydrogens is 480 g/mol. The van der Waals surface area contributed by atoms with Crippen LogP contribution in [0, 0.1) is 0 Å². The minimum absolute atomic E-state index is 0.706. The van der Waals surface area contributed by atoms with E-state index in [1.165, 1.54) is 18.5 Å². The SMILES string of the molecule is CCCCCOc1ccccc1-c1cc(-c2ccc(N(C)C)cc2)cc(-c2ccccc2OCCCCC)n1. The van der Waals surface area contributed by atoms with E-state index < -0.39 is 0 Å². The highest BCUT2D eigenvalue weighted by Crippen LogP contribution is 2.37. The lowest BCUT2D eigenvalue weighted by atomic mass is 9.99. The molecule has 0 unspecified atom stereocenters. The molecule has 0 fully saturated rings. The Hall–Kier alpha value is -3.79. The molecule has 4 nitrogen and oxygen atoms in total. The zero-order valence-electron chi connectivity index (χ0n) is 24.0. The molecule has 0 saturated carbocycles. The summed E-state index contributed by atoms with van der Waals surface area (Å²) >= 11 is 0. The maximum absolute atomic E-state index is 6.26. The van der Waals surface area contributed by atoms with Crippen molar-refractivity contribution in [3.05, 3.63) is 84.9 Å². The van der Waals surface area contributed by atoms with E-state index in [-0.39, 0.29) is 0 Å². The Labute approximate surface area is 234 Å². The summed E-state index contributed by atoms with van der Waals surface area (Å²) in [6.07, 6.45) is 6.76. The van der Waals surface area contributed by atoms with Crippen LogP contribution in [0.2, 0.25) is 0 Å². The average molecular weight is 523 g/mol. The van der Waals surface area contributed by atoms with Crippen LogP contribution >= 0.6 is 0 Å². The zero-order valence-corrected chi connectivity index (χ0v) is 24.0. The van der Waals surface area contributed by atoms with E-state index >= 15 is 0 Å². The number of benzene rings is 3. The summed E-state index contributed by atoms with van der Waals surface area (Å²) in [6, 6.07) is 29.5. The molecule has 0 N–H and O–H groups in total. The normalized spacial score (nSPS) is 10.9. The lowest BCUT2D eigenvalue weighted by Gasteiger charge is -2.16. The molecule has 4 aromatic rings. The van der Waals surface area contributed by atoms with Gasteiger partial charge >= 0.3 is 0 Å². The first-order valence-electron chi connectivity index (χ1n) is 14.3. The van der Waals surface area contributed by atoms with E-state index in [1.54, 1.807) is 0 Å². The maximum Gasteiger partial charge on any atom is 0.128 e. The Morgan fingerprint density at radius 1 is 0.590 bits per heavy atom. The molecule has 0 spiro atoms. The summed E-state index contributed by atoms with van der Waals surface area (Å²) < 4.78 is 12.5. The molecule has 39 heavy (non-hydrogen) atoms. The number of ether oxygens (including phenoxy) is 2. The number of aromatic nitrogens is 1. The van der Waals surface area contributed by atoms with Gasteiger partial charge in [0.25, 0.3) is 0 Å². The third-order valence-corrected chi connectivity index (χ3v) is 6.88. The van der Waals surface area contributed by atoms with Crippen LogP contribution in [0.4, 0.5) is 5.69 Å². The molecule has 4 rings (SSSR count). The molecule has 0 aliphatic heterocycles. The summed E-state index contributed by atoms with van der Waals surface area (Å²) in [6.45, 7) is 5.83. The molecule has 204 valence electrons. The first kappa shape index (κ1) is 28.2. The van der Waals surface area contributed by atoms with Crippen LogP contribution in [-0.4, -0.2) is 32.3 Å². The molecule has 1 heterocycles. The number of hydrogen-bond acceptors (Lipinski definition) is 4. The van der Waals surface area contributed by atoms with E-state index in [0.717, 1.165) is 70.8 Å². The van der Waals surface area contributed by atoms with Crippen molar-refractivity contribution in [2.75, 3.05) is 32.2 Å². The largest absolute Gasteiger partial charge is 0.493 e. The van der Waals surface area contributed by atoms with Gasteiger partial charge < -0.3 is 14.4 Å². The number of hydrogen-bond donors (Lipinski definition) is 0. The fraction of sp³-hybridized carbons (Fsp3) is 0.343. The molecule has 0 radical (unpaired) electrons. The number of para-hydroxylation sites is 2. The summed E-state index contributed by atoms with van der Waals surface area (Å²) in [5.41, 5.74) is 7.23. The van der Waals surface area contributed by atoms with Crippen molar-refractivity contribution in [1.82, 2.24) is 4.98 Å². The number of nitrogens with zero attached hydrogens (tertiary/aromatic N) is 2. The van der Waals surface area contributed by atoms with Crippen molar-refractivity contribution in [2.45, 2.75) is 52.4 Å². The van der Waals surface area contributed by atoms with Gasteiger partial charge in [-0.05, 0) is 72.5 Å². The number of rotatable bonds is 14. The van der Waals surface area contributed by atoms with E-state index in [2.05, 4.69) is 93.5 Å². The van der Waals surface area contributed by atoms with E-state index in [1.807, 2.05) is 24.3 Å². The Balaban J connectivity index is 1.78. The highest BCUT2D eigenvalue weighted by Gasteiger charge is 2.15. The van der Waals surface area contributed by atoms with Crippen LogP contribution in [0.5, 0.6) is 11.5 Å². The van der Waals surface area contributed by atoms with Crippen LogP contribution in [0.15, 0.2) is 84.9 Å². The first-order chi connectivity index (χ1) is 19.1. The lowest BCUT2D eigenvalue weighted by molar-refractivity contribution is 0.307. The van der Waals surface area contributed by atoms with Gasteiger partial charge in [0.15, 0.2) is 0 Å². The van der Waals surface area contributed by atoms with Gasteiger partial charge in [-0.1, -0.05) is 75.9 Å². The average Bonchev–Trinajstić information content (AvgIpc) is 2.98. The summed E-state index contributed by atoms with van der Waals surface area (Å²) in [4.78, 5) is 7.30. The fourth-order valence-electron chi connectivity index (χ4n) is 4.60. The van der Waals surface area contributed by atoms with Gasteiger partial charge in [0.2, 0.25) is 0 Å². The summed E-state index contributed by atoms with van der Waals surface area (Å²) in [5, 5.41) is 0. The van der Waals surface area contributed by atoms with Gasteiger partial charge in [0, 0.05) is 30.9 Å². The molecule has 0 atom stereocenters. The molecule has 0 aliphatic rings. The molecule has 0 bridgehead atoms. The highest BCUT2D eigenvalue weighted by atomic mass is 16.5. The van der Waals surface area contributed by atoms with Gasteiger partial charge in [0.05, 0.1) is 24.6 Å². The first-order valence-corrected chi connectivity index (χ1v) is 14.3. The monoisotopic (exact) mass is 522 g/mol. The zero-order chi connectivity index (χ0) is 27.5. The second kappa shape index (κ2) is 14.4. The second-order valence-corrected chi connectivity index (χ2v) is 10.2. The van der Waals surface area contributed by atoms with Crippen molar-refractivity contribution in [2.24, 2.45) is 0 Å². The van der Waals surface area contributed by atoms with Gasteiger partial charge in [-0.2, -0.15) is 0 Å². The standard InChI is InChI=1S/C35H42N2O2/c1-5-7-13-23-38-34-17-11-9-15-30(34)32-25-28(27-19-21-29(22-20-27)37(3)4)26-33(36-32)31-16-10-12-18-35(31)39-24-14-8-6-2/h9-12,15-22,25-26H,5-8,13-14,23-24H2,1-4H3. The summed E-state index contributed by atoms with van der Waals surface area (Å²) in [5.74, 6) is 1.74. The molecule has 0 saturated heterocycles. The van der Waals surface area contributed by atoms with Crippen LogP contribution in [0.25, 0.3) is 33.6 Å². The number of pyridine rings is 1. The Morgan fingerprint density at radius 3 is 1.54 bits per heavy atom. The van der Waals surface area contributed by atoms with Gasteiger partial charge in [-0.25, -0.2) is 4.98 Å². The Bertz CT molecular complexity index is 1240. The molecule has 1 aromatic heterocycles. The van der Waals surface area contributed by atoms with E-state index in [9.17, 15) is 0 Å². The number of anilines is 1. The predicted molar refractivity (Wildman–Crippen MR) is 165 cm³/mol. The second-order valence-electron chi connectivity index (χ2n) is 10.2. The predicted octanol–water partition coefficient (Wildman–Crippen LogP) is 9.29. The summed E-state index contributed by atoms with van der Waals surface area (Å²) in [7, 11) is 4.12. The van der Waals surface area contributed by atoms with Gasteiger partial charge in [-0.15, -0.1) is 0 Å². The topological polar surface area (TPSA) is 34.6 Å². The molecule has 4 heteroatoms. The minimum atomic E-state index is 0.706. The van der Waals surface area contributed by atoms with Gasteiger partial charge in [0.1, 0.15) is 11.5 Å². The smallest absolute Gasteiger partial charge is 0.128 e. The minimum Gasteiger partial charge on any atom is -0.493 e. The van der Waals surface area contributed by atoms with Crippen molar-refractivity contribution in [3.63, 3.8) is 0 Å². The van der Waals surface area contributed by atoms with Gasteiger partial charge in [-0.3, -0.25) is 0 Å². The van der Waals surface area contributed by atoms with E-state index in [4.69, 9.17) is 14.5 Å². The van der Waals surface area contributed by atoms with E-state index in [0.29, 0.717) is 13.2 Å². The van der Waals surface area contributed by atoms with Crippen molar-refractivity contribution in [3.8, 4) is 45.1 Å². The van der Waals surface area contributed by atoms with Crippen molar-refractivity contribution in [1.29, 1.82) is 0 Å². The van der Waals surface area contributed by atoms with Crippen LogP contribution in [0.3, 0.4) is 0 Å². The third kappa shape index (κ3) is 7.63. The van der Waals surface area contributed by atoms with Crippen LogP contribution in [0.1, 0.15) is 52.4 Å². The third-order valence-electron chi connectivity index (χ3n) is 6.88. The Kier molecular flexibility index (Phi) is 10.4. The van der Waals surface area contributed by atoms with Crippen molar-refractivity contribution < 1.29 is 9.47 Å². The maximum atomic E-state index is 6.26. The highest BCUT2D eigenvalue weighted by molar-refractivity contribution is 5.80. The Morgan fingerprint density at radius 2 is 1.08 bits per heavy atom. The quantitative estimate of drug-likeness (QED) is 0.155. The fourth-order valence-corrected chi connectivity index (χ4v) is 4.60. The van der Waals surface area contributed by atoms with Crippen LogP contribution < -0.4 is 14.4 Å². The number of unbranched alkanes of at least 4 members (excludes halogenated alkanes) is 4. The van der Waals surface area contributed by atoms with Crippen LogP contribution in [-0.2, 0) is 0 Å². The molecule has 0 amide bonds. The molecule has 0 aliphatic carbocycles. The van der Waals surface area contributed by atoms with Crippen molar-refractivity contribution >= 4 is 5.69 Å². The molecular formula is C35H42N2O2. The molecule has 3 aromatic carbocycles. The lowest BCUT2D eigenvalue weighted by Crippen LogP contribution is -2.07.